The second-order valence-corrected chi connectivity index (χ2v) is 5.38. The number of aromatic nitrogens is 1. The highest BCUT2D eigenvalue weighted by molar-refractivity contribution is 6.16. The number of amides is 1. The van der Waals surface area contributed by atoms with Gasteiger partial charge in [-0.05, 0) is 25.0 Å². The van der Waals surface area contributed by atoms with Gasteiger partial charge >= 0.3 is 0 Å². The zero-order chi connectivity index (χ0) is 14.0. The van der Waals surface area contributed by atoms with Gasteiger partial charge in [-0.2, -0.15) is 0 Å². The second kappa shape index (κ2) is 5.15. The molecule has 0 saturated heterocycles. The zero-order valence-electron chi connectivity index (χ0n) is 11.6. The first-order valence-electron chi connectivity index (χ1n) is 7.08. The summed E-state index contributed by atoms with van der Waals surface area (Å²) in [5.74, 6) is 1.24. The van der Waals surface area contributed by atoms with Crippen LogP contribution in [-0.2, 0) is 4.79 Å². The molecule has 1 fully saturated rings. The van der Waals surface area contributed by atoms with E-state index in [0.717, 1.165) is 31.4 Å². The minimum Gasteiger partial charge on any atom is -0.312 e. The Morgan fingerprint density at radius 3 is 2.70 bits per heavy atom. The number of hydrogen-bond acceptors (Lipinski definition) is 4. The van der Waals surface area contributed by atoms with Crippen LogP contribution >= 0.6 is 0 Å². The third-order valence-corrected chi connectivity index (χ3v) is 3.85. The van der Waals surface area contributed by atoms with E-state index >= 15 is 0 Å². The minimum absolute atomic E-state index is 0.0915. The third-order valence-electron chi connectivity index (χ3n) is 3.85. The van der Waals surface area contributed by atoms with Crippen molar-refractivity contribution in [2.24, 2.45) is 9.98 Å². The Morgan fingerprint density at radius 1 is 1.25 bits per heavy atom. The Balaban J connectivity index is 1.97. The summed E-state index contributed by atoms with van der Waals surface area (Å²) < 4.78 is 0. The fourth-order valence-corrected chi connectivity index (χ4v) is 2.90. The van der Waals surface area contributed by atoms with Crippen molar-refractivity contribution in [3.8, 4) is 0 Å². The fourth-order valence-electron chi connectivity index (χ4n) is 2.90. The number of nitrogens with one attached hydrogen (secondary N) is 1. The summed E-state index contributed by atoms with van der Waals surface area (Å²) in [4.78, 5) is 25.1. The van der Waals surface area contributed by atoms with Gasteiger partial charge in [0.05, 0.1) is 0 Å². The number of hydrogen-bond donors (Lipinski definition) is 1. The predicted octanol–water partition coefficient (Wildman–Crippen LogP) is 2.08. The highest BCUT2D eigenvalue weighted by Crippen LogP contribution is 2.36. The highest BCUT2D eigenvalue weighted by atomic mass is 16.1. The monoisotopic (exact) mass is 270 g/mol. The molecule has 1 saturated carbocycles. The Labute approximate surface area is 118 Å². The first-order valence-corrected chi connectivity index (χ1v) is 7.08. The van der Waals surface area contributed by atoms with E-state index < -0.39 is 0 Å². The first kappa shape index (κ1) is 13.0. The van der Waals surface area contributed by atoms with Crippen LogP contribution in [0.5, 0.6) is 0 Å². The van der Waals surface area contributed by atoms with Gasteiger partial charge in [0.15, 0.2) is 5.84 Å². The molecule has 20 heavy (non-hydrogen) atoms. The van der Waals surface area contributed by atoms with Crippen molar-refractivity contribution in [2.45, 2.75) is 44.6 Å². The number of pyridine rings is 1. The van der Waals surface area contributed by atoms with E-state index in [1.54, 1.807) is 6.20 Å². The van der Waals surface area contributed by atoms with E-state index in [2.05, 4.69) is 15.3 Å². The highest BCUT2D eigenvalue weighted by Gasteiger charge is 2.42. The second-order valence-electron chi connectivity index (χ2n) is 5.38. The van der Waals surface area contributed by atoms with Crippen LogP contribution < -0.4 is 5.32 Å². The average molecular weight is 270 g/mol. The molecule has 1 aliphatic carbocycles. The number of carbonyl (C=O) groups excluding carboxylic acids is 1. The van der Waals surface area contributed by atoms with Crippen molar-refractivity contribution in [2.75, 3.05) is 0 Å². The quantitative estimate of drug-likeness (QED) is 0.849. The maximum Gasteiger partial charge on any atom is 0.222 e. The van der Waals surface area contributed by atoms with Gasteiger partial charge < -0.3 is 5.32 Å². The molecule has 1 aromatic heterocycles. The van der Waals surface area contributed by atoms with Gasteiger partial charge in [0.1, 0.15) is 17.1 Å². The number of rotatable bonds is 1. The fraction of sp³-hybridized carbons (Fsp3) is 0.467. The summed E-state index contributed by atoms with van der Waals surface area (Å²) in [6.07, 6.45) is 7.10. The molecule has 104 valence electrons. The van der Waals surface area contributed by atoms with E-state index in [1.165, 1.54) is 13.3 Å². The smallest absolute Gasteiger partial charge is 0.222 e. The van der Waals surface area contributed by atoms with E-state index in [9.17, 15) is 4.79 Å². The van der Waals surface area contributed by atoms with Gasteiger partial charge in [-0.3, -0.25) is 9.78 Å². The lowest BCUT2D eigenvalue weighted by molar-refractivity contribution is -0.117. The summed E-state index contributed by atoms with van der Waals surface area (Å²) >= 11 is 0. The number of nitrogens with zero attached hydrogens (tertiary/aromatic N) is 3. The molecule has 3 rings (SSSR count). The van der Waals surface area contributed by atoms with Crippen LogP contribution in [0.1, 0.15) is 44.7 Å². The molecule has 2 aliphatic rings. The topological polar surface area (TPSA) is 66.7 Å². The zero-order valence-corrected chi connectivity index (χ0v) is 11.6. The van der Waals surface area contributed by atoms with Gasteiger partial charge in [-0.15, -0.1) is 0 Å². The normalized spacial score (nSPS) is 20.4. The molecule has 0 atom stereocenters. The molecule has 5 nitrogen and oxygen atoms in total. The number of aliphatic imine (C=N–C) groups is 2. The van der Waals surface area contributed by atoms with Crippen molar-refractivity contribution in [3.63, 3.8) is 0 Å². The summed E-state index contributed by atoms with van der Waals surface area (Å²) in [6, 6.07) is 5.69. The van der Waals surface area contributed by atoms with Crippen molar-refractivity contribution in [1.82, 2.24) is 10.3 Å². The van der Waals surface area contributed by atoms with Crippen LogP contribution in [0.15, 0.2) is 34.4 Å². The van der Waals surface area contributed by atoms with Crippen molar-refractivity contribution in [1.29, 1.82) is 0 Å². The van der Waals surface area contributed by atoms with Crippen LogP contribution in [0.4, 0.5) is 0 Å². The number of amidine groups is 2. The van der Waals surface area contributed by atoms with Gasteiger partial charge in [-0.25, -0.2) is 9.98 Å². The molecule has 2 heterocycles. The first-order chi connectivity index (χ1) is 9.70. The van der Waals surface area contributed by atoms with Crippen LogP contribution in [0.2, 0.25) is 0 Å². The van der Waals surface area contributed by atoms with Crippen molar-refractivity contribution in [3.05, 3.63) is 30.1 Å². The van der Waals surface area contributed by atoms with E-state index in [0.29, 0.717) is 11.7 Å². The molecule has 1 amide bonds. The molecule has 1 spiro atoms. The molecule has 0 unspecified atom stereocenters. The summed E-state index contributed by atoms with van der Waals surface area (Å²) in [5.41, 5.74) is 0.425. The van der Waals surface area contributed by atoms with E-state index in [1.807, 2.05) is 18.2 Å². The lowest BCUT2D eigenvalue weighted by Crippen LogP contribution is -2.46. The molecule has 5 heteroatoms. The summed E-state index contributed by atoms with van der Waals surface area (Å²) in [6.45, 7) is 1.51. The maximum absolute atomic E-state index is 11.4. The Bertz CT molecular complexity index is 571. The largest absolute Gasteiger partial charge is 0.312 e. The van der Waals surface area contributed by atoms with E-state index in [4.69, 9.17) is 4.99 Å². The predicted molar refractivity (Wildman–Crippen MR) is 77.8 cm³/mol. The molecular formula is C15H18N4O. The lowest BCUT2D eigenvalue weighted by atomic mass is 9.81. The average Bonchev–Trinajstić information content (AvgIpc) is 2.78. The molecule has 1 N–H and O–H groups in total. The van der Waals surface area contributed by atoms with Crippen LogP contribution in [0.25, 0.3) is 0 Å². The maximum atomic E-state index is 11.4. The van der Waals surface area contributed by atoms with E-state index in [-0.39, 0.29) is 11.4 Å². The number of carbonyl (C=O) groups is 1. The molecule has 1 aliphatic heterocycles. The van der Waals surface area contributed by atoms with Gasteiger partial charge in [0.2, 0.25) is 5.91 Å². The van der Waals surface area contributed by atoms with Crippen molar-refractivity contribution >= 4 is 17.6 Å². The summed E-state index contributed by atoms with van der Waals surface area (Å²) in [7, 11) is 0. The Kier molecular flexibility index (Phi) is 3.34. The molecule has 0 radical (unpaired) electrons. The van der Waals surface area contributed by atoms with Crippen molar-refractivity contribution < 1.29 is 4.79 Å². The molecule has 0 aromatic carbocycles. The lowest BCUT2D eigenvalue weighted by Gasteiger charge is -2.31. The van der Waals surface area contributed by atoms with Gasteiger partial charge in [0, 0.05) is 13.1 Å². The Hall–Kier alpha value is -2.04. The molecule has 1 aromatic rings. The van der Waals surface area contributed by atoms with Crippen LogP contribution in [0, 0.1) is 0 Å². The van der Waals surface area contributed by atoms with Gasteiger partial charge in [-0.1, -0.05) is 25.3 Å². The van der Waals surface area contributed by atoms with Gasteiger partial charge in [0.25, 0.3) is 0 Å². The van der Waals surface area contributed by atoms with Crippen LogP contribution in [0.3, 0.4) is 0 Å². The SMILES string of the molecule is CC(=O)NC1=NC(c2ccccn2)=NC12CCCCC2. The summed E-state index contributed by atoms with van der Waals surface area (Å²) in [5, 5.41) is 2.87. The molecule has 0 bridgehead atoms. The van der Waals surface area contributed by atoms with Crippen LogP contribution in [-0.4, -0.2) is 28.1 Å². The third kappa shape index (κ3) is 2.35. The standard InChI is InChI=1S/C15H18N4O/c1-11(20)17-14-15(8-4-2-5-9-15)19-13(18-14)12-7-3-6-10-16-12/h3,6-7,10H,2,4-5,8-9H2,1H3,(H,17,18,19,20). The molecular weight excluding hydrogens is 252 g/mol. The minimum atomic E-state index is -0.337. The Morgan fingerprint density at radius 2 is 2.05 bits per heavy atom.